The van der Waals surface area contributed by atoms with E-state index >= 15 is 0 Å². The van der Waals surface area contributed by atoms with E-state index < -0.39 is 11.6 Å². The van der Waals surface area contributed by atoms with Crippen molar-refractivity contribution in [3.8, 4) is 5.75 Å². The smallest absolute Gasteiger partial charge is 0.408 e. The van der Waals surface area contributed by atoms with E-state index in [1.165, 1.54) is 4.90 Å². The van der Waals surface area contributed by atoms with Crippen LogP contribution in [-0.2, 0) is 9.53 Å². The number of para-hydroxylation sites is 2. The van der Waals surface area contributed by atoms with Crippen LogP contribution in [0.25, 0.3) is 0 Å². The Morgan fingerprint density at radius 3 is 2.67 bits per heavy atom. The summed E-state index contributed by atoms with van der Waals surface area (Å²) in [7, 11) is 1.64. The quantitative estimate of drug-likeness (QED) is 0.806. The van der Waals surface area contributed by atoms with Gasteiger partial charge < -0.3 is 19.5 Å². The second-order valence-electron chi connectivity index (χ2n) is 6.32. The number of hydrogen-bond donors (Lipinski definition) is 1. The highest BCUT2D eigenvalue weighted by atomic mass is 16.5. The van der Waals surface area contributed by atoms with Gasteiger partial charge in [0.2, 0.25) is 5.91 Å². The number of amides is 2. The fourth-order valence-corrected chi connectivity index (χ4v) is 2.73. The number of carbonyl (C=O) groups is 2. The zero-order chi connectivity index (χ0) is 17.7. The van der Waals surface area contributed by atoms with Crippen molar-refractivity contribution in [1.82, 2.24) is 4.90 Å². The van der Waals surface area contributed by atoms with E-state index in [-0.39, 0.29) is 19.0 Å². The molecule has 1 N–H and O–H groups in total. The first kappa shape index (κ1) is 18.1. The molecular weight excluding hydrogens is 312 g/mol. The molecule has 0 aliphatic carbocycles. The first-order chi connectivity index (χ1) is 11.4. The Morgan fingerprint density at radius 1 is 1.29 bits per heavy atom. The topological polar surface area (TPSA) is 79.3 Å². The molecule has 7 nitrogen and oxygen atoms in total. The van der Waals surface area contributed by atoms with Gasteiger partial charge in [0.15, 0.2) is 0 Å². The second-order valence-corrected chi connectivity index (χ2v) is 6.32. The zero-order valence-corrected chi connectivity index (χ0v) is 14.3. The maximum atomic E-state index is 12.5. The molecule has 0 aromatic heterocycles. The molecule has 0 spiro atoms. The number of rotatable bonds is 6. The lowest BCUT2D eigenvalue weighted by Gasteiger charge is -2.45. The van der Waals surface area contributed by atoms with Crippen LogP contribution in [0.1, 0.15) is 20.3 Å². The van der Waals surface area contributed by atoms with Crippen LogP contribution >= 0.6 is 0 Å². The van der Waals surface area contributed by atoms with Crippen molar-refractivity contribution in [2.75, 3.05) is 38.3 Å². The number of carbonyl (C=O) groups excluding carboxylic acids is 1. The third-order valence-electron chi connectivity index (χ3n) is 4.01. The predicted octanol–water partition coefficient (Wildman–Crippen LogP) is 2.21. The van der Waals surface area contributed by atoms with E-state index in [1.807, 2.05) is 38.1 Å². The summed E-state index contributed by atoms with van der Waals surface area (Å²) in [5, 5.41) is 9.29. The summed E-state index contributed by atoms with van der Waals surface area (Å²) in [6, 6.07) is 7.31. The minimum atomic E-state index is -1.09. The number of methoxy groups -OCH3 is 1. The van der Waals surface area contributed by atoms with Crippen molar-refractivity contribution < 1.29 is 24.2 Å². The Hall–Kier alpha value is -2.28. The lowest BCUT2D eigenvalue weighted by molar-refractivity contribution is -0.123. The van der Waals surface area contributed by atoms with Gasteiger partial charge in [-0.3, -0.25) is 9.69 Å². The molecule has 1 aromatic rings. The van der Waals surface area contributed by atoms with Crippen LogP contribution < -0.4 is 9.64 Å². The van der Waals surface area contributed by atoms with Gasteiger partial charge in [-0.1, -0.05) is 12.1 Å². The Kier molecular flexibility index (Phi) is 5.66. The van der Waals surface area contributed by atoms with Crippen LogP contribution in [-0.4, -0.2) is 61.0 Å². The number of ether oxygens (including phenoxy) is 2. The highest BCUT2D eigenvalue weighted by Gasteiger charge is 2.41. The summed E-state index contributed by atoms with van der Waals surface area (Å²) in [6.45, 7) is 4.81. The van der Waals surface area contributed by atoms with E-state index in [4.69, 9.17) is 9.47 Å². The van der Waals surface area contributed by atoms with Gasteiger partial charge in [0.05, 0.1) is 17.8 Å². The molecule has 0 bridgehead atoms. The van der Waals surface area contributed by atoms with Crippen LogP contribution in [0.2, 0.25) is 0 Å². The predicted molar refractivity (Wildman–Crippen MR) is 89.6 cm³/mol. The molecule has 1 heterocycles. The van der Waals surface area contributed by atoms with Gasteiger partial charge in [0.25, 0.3) is 0 Å². The molecule has 132 valence electrons. The van der Waals surface area contributed by atoms with Crippen LogP contribution in [0.15, 0.2) is 24.3 Å². The van der Waals surface area contributed by atoms with Gasteiger partial charge >= 0.3 is 6.09 Å². The summed E-state index contributed by atoms with van der Waals surface area (Å²) >= 11 is 0. The number of carboxylic acid groups (broad SMARTS) is 1. The van der Waals surface area contributed by atoms with Crippen molar-refractivity contribution in [3.05, 3.63) is 24.3 Å². The maximum Gasteiger partial charge on any atom is 0.408 e. The average molecular weight is 336 g/mol. The minimum absolute atomic E-state index is 0.166. The highest BCUT2D eigenvalue weighted by Crippen LogP contribution is 2.33. The second kappa shape index (κ2) is 7.53. The van der Waals surface area contributed by atoms with Crippen LogP contribution in [0.3, 0.4) is 0 Å². The van der Waals surface area contributed by atoms with Gasteiger partial charge in [0.1, 0.15) is 12.3 Å². The van der Waals surface area contributed by atoms with Crippen LogP contribution in [0.5, 0.6) is 5.75 Å². The molecule has 1 fully saturated rings. The monoisotopic (exact) mass is 336 g/mol. The Bertz CT molecular complexity index is 602. The summed E-state index contributed by atoms with van der Waals surface area (Å²) in [6.07, 6.45) is -0.339. The summed E-state index contributed by atoms with van der Waals surface area (Å²) in [5.74, 6) is 0.353. The van der Waals surface area contributed by atoms with E-state index in [0.717, 1.165) is 6.42 Å². The zero-order valence-electron chi connectivity index (χ0n) is 14.3. The van der Waals surface area contributed by atoms with E-state index in [0.29, 0.717) is 24.7 Å². The molecule has 2 rings (SSSR count). The Labute approximate surface area is 141 Å². The minimum Gasteiger partial charge on any atom is -0.491 e. The van der Waals surface area contributed by atoms with Crippen molar-refractivity contribution >= 4 is 17.7 Å². The first-order valence-electron chi connectivity index (χ1n) is 7.88. The van der Waals surface area contributed by atoms with E-state index in [9.17, 15) is 14.7 Å². The molecule has 1 aromatic carbocycles. The first-order valence-corrected chi connectivity index (χ1v) is 7.88. The molecule has 0 saturated carbocycles. The van der Waals surface area contributed by atoms with Crippen molar-refractivity contribution in [3.63, 3.8) is 0 Å². The van der Waals surface area contributed by atoms with Gasteiger partial charge in [0, 0.05) is 26.7 Å². The lowest BCUT2D eigenvalue weighted by atomic mass is 9.98. The van der Waals surface area contributed by atoms with Crippen molar-refractivity contribution in [2.45, 2.75) is 25.8 Å². The molecular formula is C17H24N2O5. The summed E-state index contributed by atoms with van der Waals surface area (Å²) in [5.41, 5.74) is -0.0128. The highest BCUT2D eigenvalue weighted by molar-refractivity contribution is 5.98. The standard InChI is InChI=1S/C17H24N2O5/c1-17(2)12-18(15(20)11-19(17)16(21)22)13-7-4-5-8-14(13)24-10-6-9-23-3/h4-5,7-8H,6,9-12H2,1-3H3,(H,21,22). The molecule has 24 heavy (non-hydrogen) atoms. The lowest BCUT2D eigenvalue weighted by Crippen LogP contribution is -2.63. The van der Waals surface area contributed by atoms with E-state index in [2.05, 4.69) is 0 Å². The molecule has 1 saturated heterocycles. The van der Waals surface area contributed by atoms with Crippen molar-refractivity contribution in [2.24, 2.45) is 0 Å². The van der Waals surface area contributed by atoms with Gasteiger partial charge in [-0.25, -0.2) is 4.79 Å². The van der Waals surface area contributed by atoms with Gasteiger partial charge in [-0.2, -0.15) is 0 Å². The largest absolute Gasteiger partial charge is 0.491 e. The number of hydrogen-bond acceptors (Lipinski definition) is 4. The van der Waals surface area contributed by atoms with Crippen molar-refractivity contribution in [1.29, 1.82) is 0 Å². The fourth-order valence-electron chi connectivity index (χ4n) is 2.73. The molecule has 0 radical (unpaired) electrons. The number of nitrogens with zero attached hydrogens (tertiary/aromatic N) is 2. The Morgan fingerprint density at radius 2 is 2.00 bits per heavy atom. The SMILES string of the molecule is COCCCOc1ccccc1N1CC(C)(C)N(C(=O)O)CC1=O. The number of anilines is 1. The summed E-state index contributed by atoms with van der Waals surface area (Å²) in [4.78, 5) is 26.6. The van der Waals surface area contributed by atoms with Crippen LogP contribution in [0.4, 0.5) is 10.5 Å². The van der Waals surface area contributed by atoms with Crippen LogP contribution in [0, 0.1) is 0 Å². The van der Waals surface area contributed by atoms with Gasteiger partial charge in [-0.15, -0.1) is 0 Å². The molecule has 1 aliphatic heterocycles. The summed E-state index contributed by atoms with van der Waals surface area (Å²) < 4.78 is 10.8. The third kappa shape index (κ3) is 3.97. The normalized spacial score (nSPS) is 17.0. The average Bonchev–Trinajstić information content (AvgIpc) is 2.53. The Balaban J connectivity index is 2.19. The maximum absolute atomic E-state index is 12.5. The molecule has 7 heteroatoms. The molecule has 0 atom stereocenters. The molecule has 2 amide bonds. The number of piperazine rings is 1. The fraction of sp³-hybridized carbons (Fsp3) is 0.529. The third-order valence-corrected chi connectivity index (χ3v) is 4.01. The molecule has 0 unspecified atom stereocenters. The number of benzene rings is 1. The van der Waals surface area contributed by atoms with Gasteiger partial charge in [-0.05, 0) is 26.0 Å². The molecule has 1 aliphatic rings. The van der Waals surface area contributed by atoms with E-state index in [1.54, 1.807) is 12.0 Å².